The van der Waals surface area contributed by atoms with Crippen molar-refractivity contribution in [3.63, 3.8) is 0 Å². The highest BCUT2D eigenvalue weighted by molar-refractivity contribution is 5.82. The van der Waals surface area contributed by atoms with Crippen molar-refractivity contribution in [2.45, 2.75) is 19.4 Å². The van der Waals surface area contributed by atoms with Gasteiger partial charge in [-0.2, -0.15) is 0 Å². The lowest BCUT2D eigenvalue weighted by atomic mass is 10.2. The van der Waals surface area contributed by atoms with Gasteiger partial charge in [0.05, 0.1) is 0 Å². The second-order valence-corrected chi connectivity index (χ2v) is 2.12. The van der Waals surface area contributed by atoms with Crippen LogP contribution in [-0.2, 0) is 9.59 Å². The van der Waals surface area contributed by atoms with Crippen LogP contribution >= 0.6 is 0 Å². The Balaban J connectivity index is 3.99. The Labute approximate surface area is 64.9 Å². The normalized spacial score (nSPS) is 11.7. The summed E-state index contributed by atoms with van der Waals surface area (Å²) in [5.74, 6) is -1.39. The standard InChI is InChI=1S/C7H11NO3/c1-3-4-6(7(10)11)8-5(2)9/h3,6H,1,4H2,2H3,(H,8,9)(H,10,11). The maximum atomic E-state index is 10.4. The summed E-state index contributed by atoms with van der Waals surface area (Å²) in [4.78, 5) is 20.8. The monoisotopic (exact) mass is 157 g/mol. The first-order valence-electron chi connectivity index (χ1n) is 3.18. The van der Waals surface area contributed by atoms with E-state index >= 15 is 0 Å². The van der Waals surface area contributed by atoms with E-state index in [1.54, 1.807) is 0 Å². The van der Waals surface area contributed by atoms with Crippen molar-refractivity contribution in [2.24, 2.45) is 0 Å². The van der Waals surface area contributed by atoms with Crippen LogP contribution in [0.25, 0.3) is 0 Å². The maximum absolute atomic E-state index is 10.4. The topological polar surface area (TPSA) is 66.4 Å². The lowest BCUT2D eigenvalue weighted by Gasteiger charge is -2.09. The zero-order valence-corrected chi connectivity index (χ0v) is 6.33. The van der Waals surface area contributed by atoms with Gasteiger partial charge in [0.25, 0.3) is 0 Å². The third-order valence-electron chi connectivity index (χ3n) is 1.08. The molecular formula is C7H11NO3. The van der Waals surface area contributed by atoms with Gasteiger partial charge in [0.15, 0.2) is 0 Å². The van der Waals surface area contributed by atoms with E-state index in [0.717, 1.165) is 0 Å². The zero-order valence-electron chi connectivity index (χ0n) is 6.33. The highest BCUT2D eigenvalue weighted by Crippen LogP contribution is 1.92. The van der Waals surface area contributed by atoms with Gasteiger partial charge in [-0.05, 0) is 6.42 Å². The van der Waals surface area contributed by atoms with Gasteiger partial charge in [0.2, 0.25) is 5.91 Å². The summed E-state index contributed by atoms with van der Waals surface area (Å²) in [6.45, 7) is 4.65. The molecule has 4 nitrogen and oxygen atoms in total. The molecule has 0 saturated heterocycles. The van der Waals surface area contributed by atoms with Gasteiger partial charge >= 0.3 is 5.97 Å². The fourth-order valence-corrected chi connectivity index (χ4v) is 0.634. The second kappa shape index (κ2) is 4.49. The fourth-order valence-electron chi connectivity index (χ4n) is 0.634. The van der Waals surface area contributed by atoms with Crippen LogP contribution in [0.1, 0.15) is 13.3 Å². The first-order chi connectivity index (χ1) is 5.07. The summed E-state index contributed by atoms with van der Waals surface area (Å²) in [7, 11) is 0. The van der Waals surface area contributed by atoms with Crippen LogP contribution in [0, 0.1) is 0 Å². The van der Waals surface area contributed by atoms with Crippen LogP contribution in [0.4, 0.5) is 0 Å². The van der Waals surface area contributed by atoms with E-state index < -0.39 is 12.0 Å². The Morgan fingerprint density at radius 2 is 2.27 bits per heavy atom. The van der Waals surface area contributed by atoms with Crippen LogP contribution in [-0.4, -0.2) is 23.0 Å². The van der Waals surface area contributed by atoms with Gasteiger partial charge in [0.1, 0.15) is 6.04 Å². The summed E-state index contributed by atoms with van der Waals surface area (Å²) in [6.07, 6.45) is 1.70. The summed E-state index contributed by atoms with van der Waals surface area (Å²) >= 11 is 0. The van der Waals surface area contributed by atoms with Crippen molar-refractivity contribution >= 4 is 11.9 Å². The number of carbonyl (C=O) groups excluding carboxylic acids is 1. The third kappa shape index (κ3) is 4.13. The van der Waals surface area contributed by atoms with E-state index in [0.29, 0.717) is 0 Å². The molecule has 0 spiro atoms. The SMILES string of the molecule is C=CCC(NC(C)=O)C(=O)O. The number of aliphatic carboxylic acids is 1. The van der Waals surface area contributed by atoms with E-state index in [9.17, 15) is 9.59 Å². The molecule has 0 aromatic carbocycles. The van der Waals surface area contributed by atoms with E-state index in [1.807, 2.05) is 0 Å². The molecule has 0 aromatic rings. The lowest BCUT2D eigenvalue weighted by Crippen LogP contribution is -2.39. The Kier molecular flexibility index (Phi) is 3.95. The summed E-state index contributed by atoms with van der Waals surface area (Å²) in [6, 6.07) is -0.843. The maximum Gasteiger partial charge on any atom is 0.326 e. The number of rotatable bonds is 4. The first-order valence-corrected chi connectivity index (χ1v) is 3.18. The average Bonchev–Trinajstić information content (AvgIpc) is 1.86. The molecule has 1 atom stereocenters. The molecule has 2 N–H and O–H groups in total. The minimum absolute atomic E-state index is 0.245. The number of hydrogen-bond donors (Lipinski definition) is 2. The van der Waals surface area contributed by atoms with Crippen molar-refractivity contribution in [2.75, 3.05) is 0 Å². The fraction of sp³-hybridized carbons (Fsp3) is 0.429. The highest BCUT2D eigenvalue weighted by atomic mass is 16.4. The molecule has 11 heavy (non-hydrogen) atoms. The minimum Gasteiger partial charge on any atom is -0.480 e. The minimum atomic E-state index is -1.04. The summed E-state index contributed by atoms with van der Waals surface area (Å²) in [5.41, 5.74) is 0. The number of hydrogen-bond acceptors (Lipinski definition) is 2. The van der Waals surface area contributed by atoms with Crippen molar-refractivity contribution in [3.8, 4) is 0 Å². The molecule has 0 aromatic heterocycles. The predicted octanol–water partition coefficient (Wildman–Crippen LogP) is 0.152. The van der Waals surface area contributed by atoms with E-state index in [1.165, 1.54) is 13.0 Å². The number of carbonyl (C=O) groups is 2. The van der Waals surface area contributed by atoms with Gasteiger partial charge in [-0.15, -0.1) is 6.58 Å². The Morgan fingerprint density at radius 3 is 2.55 bits per heavy atom. The van der Waals surface area contributed by atoms with E-state index in [-0.39, 0.29) is 12.3 Å². The van der Waals surface area contributed by atoms with E-state index in [4.69, 9.17) is 5.11 Å². The zero-order chi connectivity index (χ0) is 8.85. The van der Waals surface area contributed by atoms with Crippen molar-refractivity contribution in [3.05, 3.63) is 12.7 Å². The molecule has 1 amide bonds. The molecule has 4 heteroatoms. The number of carboxylic acid groups (broad SMARTS) is 1. The summed E-state index contributed by atoms with van der Waals surface area (Å²) < 4.78 is 0. The molecule has 1 unspecified atom stereocenters. The van der Waals surface area contributed by atoms with Gasteiger partial charge in [0, 0.05) is 6.92 Å². The molecule has 62 valence electrons. The van der Waals surface area contributed by atoms with Crippen molar-refractivity contribution in [1.29, 1.82) is 0 Å². The Morgan fingerprint density at radius 1 is 1.73 bits per heavy atom. The molecule has 0 aliphatic carbocycles. The molecule has 0 radical (unpaired) electrons. The smallest absolute Gasteiger partial charge is 0.326 e. The largest absolute Gasteiger partial charge is 0.480 e. The van der Waals surface area contributed by atoms with Gasteiger partial charge in [-0.3, -0.25) is 4.79 Å². The van der Waals surface area contributed by atoms with Crippen LogP contribution in [0.2, 0.25) is 0 Å². The Bertz CT molecular complexity index is 177. The molecular weight excluding hydrogens is 146 g/mol. The molecule has 0 fully saturated rings. The first kappa shape index (κ1) is 9.68. The van der Waals surface area contributed by atoms with Crippen LogP contribution in [0.15, 0.2) is 12.7 Å². The van der Waals surface area contributed by atoms with Crippen molar-refractivity contribution < 1.29 is 14.7 Å². The predicted molar refractivity (Wildman–Crippen MR) is 40.1 cm³/mol. The quantitative estimate of drug-likeness (QED) is 0.571. The number of nitrogens with one attached hydrogen (secondary N) is 1. The third-order valence-corrected chi connectivity index (χ3v) is 1.08. The summed E-state index contributed by atoms with van der Waals surface area (Å²) in [5, 5.41) is 10.8. The molecule has 0 saturated carbocycles. The van der Waals surface area contributed by atoms with Crippen LogP contribution in [0.5, 0.6) is 0 Å². The Hall–Kier alpha value is -1.32. The molecule has 0 heterocycles. The number of carboxylic acids is 1. The van der Waals surface area contributed by atoms with Gasteiger partial charge in [-0.1, -0.05) is 6.08 Å². The average molecular weight is 157 g/mol. The molecule has 0 rings (SSSR count). The number of amides is 1. The van der Waals surface area contributed by atoms with Gasteiger partial charge in [-0.25, -0.2) is 4.79 Å². The van der Waals surface area contributed by atoms with E-state index in [2.05, 4.69) is 11.9 Å². The van der Waals surface area contributed by atoms with Gasteiger partial charge < -0.3 is 10.4 Å². The second-order valence-electron chi connectivity index (χ2n) is 2.12. The molecule has 0 aliphatic rings. The van der Waals surface area contributed by atoms with Crippen LogP contribution < -0.4 is 5.32 Å². The van der Waals surface area contributed by atoms with Crippen molar-refractivity contribution in [1.82, 2.24) is 5.32 Å². The molecule has 0 aliphatic heterocycles. The highest BCUT2D eigenvalue weighted by Gasteiger charge is 2.15. The van der Waals surface area contributed by atoms with Crippen LogP contribution in [0.3, 0.4) is 0 Å². The molecule has 0 bridgehead atoms. The lowest BCUT2D eigenvalue weighted by molar-refractivity contribution is -0.141.